The van der Waals surface area contributed by atoms with Crippen LogP contribution in [0.3, 0.4) is 0 Å². The number of morpholine rings is 1. The summed E-state index contributed by atoms with van der Waals surface area (Å²) in [4.78, 5) is 27.0. The van der Waals surface area contributed by atoms with Gasteiger partial charge in [0.15, 0.2) is 5.82 Å². The number of rotatable bonds is 7. The van der Waals surface area contributed by atoms with E-state index in [1.165, 1.54) is 17.8 Å². The first-order valence-electron chi connectivity index (χ1n) is 12.1. The number of hydrogen-bond donors (Lipinski definition) is 2. The summed E-state index contributed by atoms with van der Waals surface area (Å²) in [5, 5.41) is 17.8. The third-order valence-corrected chi connectivity index (χ3v) is 6.43. The number of ether oxygens (including phenoxy) is 1. The molecular weight excluding hydrogens is 460 g/mol. The van der Waals surface area contributed by atoms with Crippen molar-refractivity contribution in [2.45, 2.75) is 0 Å². The van der Waals surface area contributed by atoms with Gasteiger partial charge in [0.2, 0.25) is 5.95 Å². The Morgan fingerprint density at radius 3 is 2.39 bits per heavy atom. The van der Waals surface area contributed by atoms with Crippen molar-refractivity contribution in [2.75, 3.05) is 80.0 Å². The Morgan fingerprint density at radius 1 is 0.917 bits per heavy atom. The van der Waals surface area contributed by atoms with E-state index >= 15 is 0 Å². The number of aromatic nitrogens is 2. The molecule has 0 atom stereocenters. The maximum atomic E-state index is 11.2. The van der Waals surface area contributed by atoms with E-state index in [-0.39, 0.29) is 5.69 Å². The predicted molar refractivity (Wildman–Crippen MR) is 141 cm³/mol. The number of nitro benzene ring substituents is 1. The number of nitrogens with zero attached hydrogens (tertiary/aromatic N) is 6. The van der Waals surface area contributed by atoms with E-state index in [9.17, 15) is 10.1 Å². The molecule has 2 aliphatic heterocycles. The Balaban J connectivity index is 1.36. The normalized spacial score (nSPS) is 16.6. The van der Waals surface area contributed by atoms with E-state index in [0.29, 0.717) is 43.8 Å². The zero-order valence-electron chi connectivity index (χ0n) is 20.3. The molecule has 11 heteroatoms. The van der Waals surface area contributed by atoms with Crippen LogP contribution in [0.4, 0.5) is 40.2 Å². The first-order valence-corrected chi connectivity index (χ1v) is 12.1. The number of hydrogen-bond acceptors (Lipinski definition) is 10. The van der Waals surface area contributed by atoms with E-state index in [2.05, 4.69) is 49.5 Å². The zero-order valence-corrected chi connectivity index (χ0v) is 20.3. The highest BCUT2D eigenvalue weighted by Gasteiger charge is 2.19. The molecule has 2 saturated heterocycles. The lowest BCUT2D eigenvalue weighted by molar-refractivity contribution is -0.384. The van der Waals surface area contributed by atoms with Crippen molar-refractivity contribution in [1.82, 2.24) is 14.9 Å². The summed E-state index contributed by atoms with van der Waals surface area (Å²) >= 11 is 0. The zero-order chi connectivity index (χ0) is 24.9. The predicted octanol–water partition coefficient (Wildman–Crippen LogP) is 3.46. The third-order valence-electron chi connectivity index (χ3n) is 6.43. The summed E-state index contributed by atoms with van der Waals surface area (Å²) in [6, 6.07) is 14.7. The smallest absolute Gasteiger partial charge is 0.271 e. The van der Waals surface area contributed by atoms with Gasteiger partial charge in [0.1, 0.15) is 0 Å². The molecule has 2 aliphatic rings. The molecule has 0 unspecified atom stereocenters. The van der Waals surface area contributed by atoms with Crippen molar-refractivity contribution in [2.24, 2.45) is 0 Å². The van der Waals surface area contributed by atoms with Crippen molar-refractivity contribution >= 4 is 40.2 Å². The monoisotopic (exact) mass is 490 g/mol. The average Bonchev–Trinajstić information content (AvgIpc) is 2.90. The Hall–Kier alpha value is -3.96. The Morgan fingerprint density at radius 2 is 1.67 bits per heavy atom. The second-order valence-electron chi connectivity index (χ2n) is 8.92. The lowest BCUT2D eigenvalue weighted by Crippen LogP contribution is -2.44. The summed E-state index contributed by atoms with van der Waals surface area (Å²) in [7, 11) is 2.15. The largest absolute Gasteiger partial charge is 0.378 e. The maximum absolute atomic E-state index is 11.2. The number of non-ortho nitro benzene ring substituents is 1. The summed E-state index contributed by atoms with van der Waals surface area (Å²) in [5.41, 5.74) is 3.50. The van der Waals surface area contributed by atoms with Crippen molar-refractivity contribution in [1.29, 1.82) is 0 Å². The highest BCUT2D eigenvalue weighted by atomic mass is 16.6. The van der Waals surface area contributed by atoms with Gasteiger partial charge in [-0.3, -0.25) is 10.1 Å². The molecule has 2 fully saturated rings. The van der Waals surface area contributed by atoms with Crippen LogP contribution < -0.4 is 20.4 Å². The van der Waals surface area contributed by atoms with Crippen molar-refractivity contribution < 1.29 is 9.66 Å². The standard InChI is InChI=1S/C25H30N8O3/c1-30-9-11-31(12-10-30)21-7-5-19(6-8-21)28-25-26-18-23(32-13-15-36-16-14-32)24(29-25)27-20-3-2-4-22(17-20)33(34)35/h2-8,17-18H,9-16H2,1H3,(H2,26,27,28,29). The number of likely N-dealkylation sites (N-methyl/N-ethyl adjacent to an activating group) is 1. The van der Waals surface area contributed by atoms with Crippen LogP contribution >= 0.6 is 0 Å². The fourth-order valence-corrected chi connectivity index (χ4v) is 4.35. The van der Waals surface area contributed by atoms with Gasteiger partial charge in [-0.2, -0.15) is 4.98 Å². The molecule has 0 aliphatic carbocycles. The van der Waals surface area contributed by atoms with Gasteiger partial charge in [-0.05, 0) is 37.4 Å². The summed E-state index contributed by atoms with van der Waals surface area (Å²) in [6.07, 6.45) is 1.78. The van der Waals surface area contributed by atoms with Gasteiger partial charge in [0, 0.05) is 68.5 Å². The quantitative estimate of drug-likeness (QED) is 0.377. The SMILES string of the molecule is CN1CCN(c2ccc(Nc3ncc(N4CCOCC4)c(Nc4cccc([N+](=O)[O-])c4)n3)cc2)CC1. The summed E-state index contributed by atoms with van der Waals surface area (Å²) < 4.78 is 5.49. The Labute approximate surface area is 209 Å². The molecule has 3 aromatic rings. The Kier molecular flexibility index (Phi) is 7.10. The molecule has 0 radical (unpaired) electrons. The molecule has 36 heavy (non-hydrogen) atoms. The molecule has 0 saturated carbocycles. The molecule has 3 heterocycles. The van der Waals surface area contributed by atoms with E-state index < -0.39 is 4.92 Å². The maximum Gasteiger partial charge on any atom is 0.271 e. The van der Waals surface area contributed by atoms with Gasteiger partial charge in [-0.25, -0.2) is 4.98 Å². The third kappa shape index (κ3) is 5.64. The van der Waals surface area contributed by atoms with Gasteiger partial charge in [-0.15, -0.1) is 0 Å². The Bertz CT molecular complexity index is 1190. The van der Waals surface area contributed by atoms with Crippen LogP contribution in [0.15, 0.2) is 54.7 Å². The van der Waals surface area contributed by atoms with E-state index in [0.717, 1.165) is 37.6 Å². The molecule has 0 amide bonds. The number of anilines is 6. The lowest BCUT2D eigenvalue weighted by Gasteiger charge is -2.34. The number of nitro groups is 1. The topological polar surface area (TPSA) is 112 Å². The second-order valence-corrected chi connectivity index (χ2v) is 8.92. The lowest BCUT2D eigenvalue weighted by atomic mass is 10.2. The van der Waals surface area contributed by atoms with Gasteiger partial charge in [0.25, 0.3) is 5.69 Å². The van der Waals surface area contributed by atoms with Crippen molar-refractivity contribution in [3.8, 4) is 0 Å². The highest BCUT2D eigenvalue weighted by molar-refractivity contribution is 5.74. The minimum atomic E-state index is -0.410. The van der Waals surface area contributed by atoms with Crippen LogP contribution in [0.25, 0.3) is 0 Å². The van der Waals surface area contributed by atoms with Gasteiger partial charge in [0.05, 0.1) is 30.0 Å². The molecule has 11 nitrogen and oxygen atoms in total. The fraction of sp³-hybridized carbons (Fsp3) is 0.360. The first-order chi connectivity index (χ1) is 17.5. The molecule has 2 aromatic carbocycles. The summed E-state index contributed by atoms with van der Waals surface area (Å²) in [6.45, 7) is 6.82. The van der Waals surface area contributed by atoms with E-state index in [1.807, 2.05) is 12.1 Å². The first kappa shape index (κ1) is 23.8. The number of piperazine rings is 1. The number of nitrogens with one attached hydrogen (secondary N) is 2. The molecule has 5 rings (SSSR count). The van der Waals surface area contributed by atoms with Crippen LogP contribution in [0.5, 0.6) is 0 Å². The fourth-order valence-electron chi connectivity index (χ4n) is 4.35. The second kappa shape index (κ2) is 10.8. The molecular formula is C25H30N8O3. The average molecular weight is 491 g/mol. The molecule has 0 bridgehead atoms. The van der Waals surface area contributed by atoms with Crippen molar-refractivity contribution in [3.63, 3.8) is 0 Å². The molecule has 1 aromatic heterocycles. The van der Waals surface area contributed by atoms with Crippen LogP contribution in [0, 0.1) is 10.1 Å². The highest BCUT2D eigenvalue weighted by Crippen LogP contribution is 2.30. The van der Waals surface area contributed by atoms with Crippen LogP contribution in [0.1, 0.15) is 0 Å². The molecule has 188 valence electrons. The molecule has 2 N–H and O–H groups in total. The summed E-state index contributed by atoms with van der Waals surface area (Å²) in [5.74, 6) is 1.01. The van der Waals surface area contributed by atoms with Crippen molar-refractivity contribution in [3.05, 3.63) is 64.8 Å². The van der Waals surface area contributed by atoms with Crippen LogP contribution in [-0.2, 0) is 4.74 Å². The van der Waals surface area contributed by atoms with Gasteiger partial charge in [-0.1, -0.05) is 6.07 Å². The molecule has 0 spiro atoms. The van der Waals surface area contributed by atoms with E-state index in [1.54, 1.807) is 18.3 Å². The minimum absolute atomic E-state index is 0.0146. The van der Waals surface area contributed by atoms with Crippen LogP contribution in [-0.4, -0.2) is 79.3 Å². The van der Waals surface area contributed by atoms with Crippen LogP contribution in [0.2, 0.25) is 0 Å². The minimum Gasteiger partial charge on any atom is -0.378 e. The number of benzene rings is 2. The van der Waals surface area contributed by atoms with Gasteiger partial charge < -0.3 is 30.1 Å². The van der Waals surface area contributed by atoms with E-state index in [4.69, 9.17) is 9.72 Å². The van der Waals surface area contributed by atoms with Gasteiger partial charge >= 0.3 is 0 Å².